The molecule has 1 saturated carbocycles. The van der Waals surface area contributed by atoms with Crippen molar-refractivity contribution in [2.45, 2.75) is 37.2 Å². The Kier molecular flexibility index (Phi) is 3.08. The number of hydrogen-bond donors (Lipinski definition) is 1. The molecule has 1 heterocycles. The number of carbonyl (C=O) groups excluding carboxylic acids is 1. The predicted molar refractivity (Wildman–Crippen MR) is 69.3 cm³/mol. The van der Waals surface area contributed by atoms with E-state index >= 15 is 0 Å². The molecule has 1 aliphatic heterocycles. The lowest BCUT2D eigenvalue weighted by Crippen LogP contribution is -2.38. The van der Waals surface area contributed by atoms with Gasteiger partial charge in [-0.15, -0.1) is 0 Å². The molecule has 0 aromatic heterocycles. The van der Waals surface area contributed by atoms with Crippen LogP contribution in [0.4, 0.5) is 0 Å². The van der Waals surface area contributed by atoms with E-state index in [1.807, 2.05) is 6.07 Å². The maximum Gasteiger partial charge on any atom is 0.249 e. The Labute approximate surface area is 108 Å². The fraction of sp³-hybridized carbons (Fsp3) is 0.533. The summed E-state index contributed by atoms with van der Waals surface area (Å²) >= 11 is 0. The smallest absolute Gasteiger partial charge is 0.249 e. The molecule has 0 bridgehead atoms. The molecule has 1 amide bonds. The molecular weight excluding hydrogens is 226 g/mol. The highest BCUT2D eigenvalue weighted by atomic mass is 16.5. The molecule has 1 aromatic rings. The van der Waals surface area contributed by atoms with E-state index in [1.54, 1.807) is 0 Å². The van der Waals surface area contributed by atoms with Crippen molar-refractivity contribution < 1.29 is 9.53 Å². The van der Waals surface area contributed by atoms with Gasteiger partial charge < -0.3 is 10.1 Å². The van der Waals surface area contributed by atoms with E-state index in [0.717, 1.165) is 26.0 Å². The fourth-order valence-electron chi connectivity index (χ4n) is 2.66. The fourth-order valence-corrected chi connectivity index (χ4v) is 2.66. The largest absolute Gasteiger partial charge is 0.368 e. The molecule has 1 aliphatic carbocycles. The molecular formula is C15H19NO2. The predicted octanol–water partition coefficient (Wildman–Crippen LogP) is 2.01. The topological polar surface area (TPSA) is 38.3 Å². The lowest BCUT2D eigenvalue weighted by atomic mass is 9.96. The van der Waals surface area contributed by atoms with E-state index in [-0.39, 0.29) is 17.4 Å². The summed E-state index contributed by atoms with van der Waals surface area (Å²) < 4.78 is 5.39. The minimum atomic E-state index is -0.212. The Hall–Kier alpha value is -1.35. The number of rotatable bonds is 4. The highest BCUT2D eigenvalue weighted by Crippen LogP contribution is 2.47. The Morgan fingerprint density at radius 1 is 1.33 bits per heavy atom. The maximum atomic E-state index is 11.9. The van der Waals surface area contributed by atoms with E-state index in [1.165, 1.54) is 18.4 Å². The molecule has 2 fully saturated rings. The monoisotopic (exact) mass is 245 g/mol. The lowest BCUT2D eigenvalue weighted by molar-refractivity contribution is -0.130. The van der Waals surface area contributed by atoms with E-state index in [0.29, 0.717) is 0 Å². The molecule has 1 aromatic carbocycles. The summed E-state index contributed by atoms with van der Waals surface area (Å²) in [4.78, 5) is 11.9. The molecule has 0 unspecified atom stereocenters. The van der Waals surface area contributed by atoms with Crippen molar-refractivity contribution in [3.63, 3.8) is 0 Å². The van der Waals surface area contributed by atoms with Crippen LogP contribution in [0.25, 0.3) is 0 Å². The van der Waals surface area contributed by atoms with Gasteiger partial charge in [0, 0.05) is 18.6 Å². The standard InChI is InChI=1S/C15H19NO2/c17-14(13-7-4-10-18-13)16-11-15(8-9-15)12-5-2-1-3-6-12/h1-3,5-6,13H,4,7-11H2,(H,16,17)/t13-/m1/s1. The molecule has 96 valence electrons. The number of amides is 1. The van der Waals surface area contributed by atoms with Crippen LogP contribution in [0.5, 0.6) is 0 Å². The first kappa shape index (κ1) is 11.7. The van der Waals surface area contributed by atoms with Crippen LogP contribution in [0, 0.1) is 0 Å². The van der Waals surface area contributed by atoms with Gasteiger partial charge in [0.2, 0.25) is 5.91 Å². The average Bonchev–Trinajstić information content (AvgIpc) is 3.01. The number of ether oxygens (including phenoxy) is 1. The van der Waals surface area contributed by atoms with E-state index < -0.39 is 0 Å². The van der Waals surface area contributed by atoms with Crippen molar-refractivity contribution in [1.82, 2.24) is 5.32 Å². The van der Waals surface area contributed by atoms with Gasteiger partial charge in [-0.25, -0.2) is 0 Å². The summed E-state index contributed by atoms with van der Waals surface area (Å²) in [5, 5.41) is 3.06. The van der Waals surface area contributed by atoms with Crippen molar-refractivity contribution in [1.29, 1.82) is 0 Å². The normalized spacial score (nSPS) is 24.8. The number of carbonyl (C=O) groups is 1. The third-order valence-electron chi connectivity index (χ3n) is 4.06. The van der Waals surface area contributed by atoms with Crippen molar-refractivity contribution in [3.05, 3.63) is 35.9 Å². The quantitative estimate of drug-likeness (QED) is 0.881. The van der Waals surface area contributed by atoms with E-state index in [9.17, 15) is 4.79 Å². The second kappa shape index (κ2) is 4.73. The molecule has 3 nitrogen and oxygen atoms in total. The number of hydrogen-bond acceptors (Lipinski definition) is 2. The summed E-state index contributed by atoms with van der Waals surface area (Å²) in [5.41, 5.74) is 1.54. The second-order valence-electron chi connectivity index (χ2n) is 5.37. The Bertz CT molecular complexity index is 419. The maximum absolute atomic E-state index is 11.9. The van der Waals surface area contributed by atoms with E-state index in [2.05, 4.69) is 29.6 Å². The van der Waals surface area contributed by atoms with Crippen LogP contribution in [0.1, 0.15) is 31.2 Å². The van der Waals surface area contributed by atoms with Gasteiger partial charge in [-0.1, -0.05) is 30.3 Å². The molecule has 1 saturated heterocycles. The Balaban J connectivity index is 1.58. The van der Waals surface area contributed by atoms with Crippen LogP contribution in [0.2, 0.25) is 0 Å². The van der Waals surface area contributed by atoms with E-state index in [4.69, 9.17) is 4.74 Å². The first-order valence-corrected chi connectivity index (χ1v) is 6.75. The molecule has 1 N–H and O–H groups in total. The summed E-state index contributed by atoms with van der Waals surface area (Å²) in [6.45, 7) is 1.47. The zero-order chi connectivity index (χ0) is 12.4. The minimum Gasteiger partial charge on any atom is -0.368 e. The molecule has 2 aliphatic rings. The molecule has 3 rings (SSSR count). The van der Waals surface area contributed by atoms with Gasteiger partial charge in [0.15, 0.2) is 0 Å². The van der Waals surface area contributed by atoms with Crippen LogP contribution < -0.4 is 5.32 Å². The van der Waals surface area contributed by atoms with Gasteiger partial charge in [-0.3, -0.25) is 4.79 Å². The van der Waals surface area contributed by atoms with Crippen LogP contribution in [-0.4, -0.2) is 25.2 Å². The van der Waals surface area contributed by atoms with Crippen molar-refractivity contribution in [3.8, 4) is 0 Å². The SMILES string of the molecule is O=C(NCC1(c2ccccc2)CC1)[C@H]1CCCO1. The lowest BCUT2D eigenvalue weighted by Gasteiger charge is -2.18. The van der Waals surface area contributed by atoms with Crippen LogP contribution in [0.3, 0.4) is 0 Å². The van der Waals surface area contributed by atoms with Crippen LogP contribution >= 0.6 is 0 Å². The molecule has 0 spiro atoms. The van der Waals surface area contributed by atoms with Crippen molar-refractivity contribution in [2.24, 2.45) is 0 Å². The Morgan fingerprint density at radius 3 is 2.72 bits per heavy atom. The van der Waals surface area contributed by atoms with Crippen LogP contribution in [-0.2, 0) is 14.9 Å². The molecule has 0 radical (unpaired) electrons. The van der Waals surface area contributed by atoms with Crippen molar-refractivity contribution in [2.75, 3.05) is 13.2 Å². The first-order valence-electron chi connectivity index (χ1n) is 6.75. The zero-order valence-corrected chi connectivity index (χ0v) is 10.5. The van der Waals surface area contributed by atoms with Crippen LogP contribution in [0.15, 0.2) is 30.3 Å². The number of benzene rings is 1. The van der Waals surface area contributed by atoms with Gasteiger partial charge >= 0.3 is 0 Å². The second-order valence-corrected chi connectivity index (χ2v) is 5.37. The molecule has 3 heteroatoms. The van der Waals surface area contributed by atoms with Gasteiger partial charge in [0.1, 0.15) is 6.10 Å². The summed E-state index contributed by atoms with van der Waals surface area (Å²) in [5.74, 6) is 0.0645. The zero-order valence-electron chi connectivity index (χ0n) is 10.5. The minimum absolute atomic E-state index is 0.0645. The Morgan fingerprint density at radius 2 is 2.11 bits per heavy atom. The molecule has 18 heavy (non-hydrogen) atoms. The summed E-state index contributed by atoms with van der Waals surface area (Å²) in [7, 11) is 0. The summed E-state index contributed by atoms with van der Waals surface area (Å²) in [6.07, 6.45) is 3.99. The molecule has 1 atom stereocenters. The average molecular weight is 245 g/mol. The third kappa shape index (κ3) is 2.27. The highest BCUT2D eigenvalue weighted by Gasteiger charge is 2.44. The highest BCUT2D eigenvalue weighted by molar-refractivity contribution is 5.81. The van der Waals surface area contributed by atoms with Crippen molar-refractivity contribution >= 4 is 5.91 Å². The first-order chi connectivity index (χ1) is 8.80. The third-order valence-corrected chi connectivity index (χ3v) is 4.06. The van der Waals surface area contributed by atoms with Gasteiger partial charge in [0.05, 0.1) is 0 Å². The van der Waals surface area contributed by atoms with Gasteiger partial charge in [0.25, 0.3) is 0 Å². The number of nitrogens with one attached hydrogen (secondary N) is 1. The summed E-state index contributed by atoms with van der Waals surface area (Å²) in [6, 6.07) is 10.5. The van der Waals surface area contributed by atoms with Gasteiger partial charge in [-0.2, -0.15) is 0 Å². The van der Waals surface area contributed by atoms with Gasteiger partial charge in [-0.05, 0) is 31.2 Å².